The third-order valence-electron chi connectivity index (χ3n) is 3.48. The number of carboxylic acids is 1. The van der Waals surface area contributed by atoms with E-state index in [4.69, 9.17) is 5.11 Å². The maximum absolute atomic E-state index is 11.2. The summed E-state index contributed by atoms with van der Waals surface area (Å²) in [6.45, 7) is 5.33. The molecule has 0 bridgehead atoms. The van der Waals surface area contributed by atoms with E-state index >= 15 is 0 Å². The first-order valence-corrected chi connectivity index (χ1v) is 6.03. The van der Waals surface area contributed by atoms with Gasteiger partial charge in [0.25, 0.3) is 0 Å². The molecule has 0 aliphatic carbocycles. The van der Waals surface area contributed by atoms with Gasteiger partial charge in [-0.2, -0.15) is 0 Å². The summed E-state index contributed by atoms with van der Waals surface area (Å²) in [5, 5.41) is 9.17. The summed E-state index contributed by atoms with van der Waals surface area (Å²) in [6, 6.07) is 2.19. The zero-order valence-electron chi connectivity index (χ0n) is 10.3. The predicted molar refractivity (Wildman–Crippen MR) is 66.4 cm³/mol. The van der Waals surface area contributed by atoms with Crippen LogP contribution in [0.5, 0.6) is 0 Å². The molecule has 1 saturated heterocycles. The van der Waals surface area contributed by atoms with Crippen LogP contribution >= 0.6 is 0 Å². The lowest BCUT2D eigenvalue weighted by atomic mass is 9.92. The summed E-state index contributed by atoms with van der Waals surface area (Å²) in [5.41, 5.74) is 1.10. The Morgan fingerprint density at radius 2 is 2.29 bits per heavy atom. The van der Waals surface area contributed by atoms with Gasteiger partial charge >= 0.3 is 5.97 Å². The molecule has 1 N–H and O–H groups in total. The largest absolute Gasteiger partial charge is 0.478 e. The highest BCUT2D eigenvalue weighted by atomic mass is 16.4. The zero-order valence-corrected chi connectivity index (χ0v) is 10.3. The van der Waals surface area contributed by atoms with E-state index in [1.165, 1.54) is 6.20 Å². The molecule has 1 fully saturated rings. The van der Waals surface area contributed by atoms with E-state index in [0.717, 1.165) is 31.0 Å². The van der Waals surface area contributed by atoms with E-state index in [0.29, 0.717) is 11.6 Å². The summed E-state index contributed by atoms with van der Waals surface area (Å²) >= 11 is 0. The van der Waals surface area contributed by atoms with Crippen molar-refractivity contribution < 1.29 is 9.90 Å². The number of carbonyl (C=O) groups is 1. The summed E-state index contributed by atoms with van der Waals surface area (Å²) in [5.74, 6) is -0.185. The first kappa shape index (κ1) is 11.9. The predicted octanol–water partition coefficient (Wildman–Crippen LogP) is 2.40. The monoisotopic (exact) mass is 234 g/mol. The van der Waals surface area contributed by atoms with Crippen molar-refractivity contribution in [1.29, 1.82) is 0 Å². The van der Waals surface area contributed by atoms with Gasteiger partial charge in [-0.05, 0) is 31.7 Å². The highest BCUT2D eigenvalue weighted by Gasteiger charge is 2.25. The molecule has 2 heterocycles. The Hall–Kier alpha value is -1.58. The van der Waals surface area contributed by atoms with Gasteiger partial charge in [-0.25, -0.2) is 4.79 Å². The van der Waals surface area contributed by atoms with Gasteiger partial charge in [-0.3, -0.25) is 4.98 Å². The molecule has 1 aliphatic heterocycles. The molecular weight excluding hydrogens is 216 g/mol. The fourth-order valence-electron chi connectivity index (χ4n) is 2.57. The summed E-state index contributed by atoms with van der Waals surface area (Å²) in [7, 11) is 0. The molecular formula is C13H18N2O2. The van der Waals surface area contributed by atoms with Crippen LogP contribution in [0.3, 0.4) is 0 Å². The van der Waals surface area contributed by atoms with Crippen molar-refractivity contribution >= 4 is 11.7 Å². The number of aromatic nitrogens is 1. The lowest BCUT2D eigenvalue weighted by Gasteiger charge is -2.38. The zero-order chi connectivity index (χ0) is 12.4. The van der Waals surface area contributed by atoms with E-state index in [1.807, 2.05) is 0 Å². The molecule has 17 heavy (non-hydrogen) atoms. The number of carboxylic acid groups (broad SMARTS) is 1. The van der Waals surface area contributed by atoms with Gasteiger partial charge in [-0.1, -0.05) is 6.92 Å². The Morgan fingerprint density at radius 1 is 1.53 bits per heavy atom. The topological polar surface area (TPSA) is 53.4 Å². The van der Waals surface area contributed by atoms with Crippen LogP contribution in [0.25, 0.3) is 0 Å². The Bertz CT molecular complexity index is 420. The van der Waals surface area contributed by atoms with E-state index in [1.54, 1.807) is 12.3 Å². The summed E-state index contributed by atoms with van der Waals surface area (Å²) in [4.78, 5) is 17.2. The molecule has 1 aromatic rings. The number of piperidine rings is 1. The van der Waals surface area contributed by atoms with E-state index < -0.39 is 5.97 Å². The molecule has 4 heteroatoms. The van der Waals surface area contributed by atoms with Gasteiger partial charge in [0.05, 0.1) is 5.69 Å². The minimum atomic E-state index is -0.904. The molecule has 2 rings (SSSR count). The van der Waals surface area contributed by atoms with Crippen molar-refractivity contribution in [3.05, 3.63) is 24.0 Å². The molecule has 1 aromatic heterocycles. The maximum Gasteiger partial charge on any atom is 0.339 e. The van der Waals surface area contributed by atoms with E-state index in [-0.39, 0.29) is 0 Å². The first-order valence-electron chi connectivity index (χ1n) is 6.03. The highest BCUT2D eigenvalue weighted by molar-refractivity contribution is 5.94. The minimum absolute atomic E-state index is 0.300. The summed E-state index contributed by atoms with van der Waals surface area (Å²) in [6.07, 6.45) is 5.32. The van der Waals surface area contributed by atoms with Crippen LogP contribution in [0.1, 0.15) is 37.0 Å². The first-order chi connectivity index (χ1) is 8.09. The average molecular weight is 234 g/mol. The Kier molecular flexibility index (Phi) is 3.31. The molecule has 4 nitrogen and oxygen atoms in total. The van der Waals surface area contributed by atoms with Crippen molar-refractivity contribution in [1.82, 2.24) is 4.98 Å². The molecule has 0 amide bonds. The lowest BCUT2D eigenvalue weighted by Crippen LogP contribution is -2.41. The van der Waals surface area contributed by atoms with Crippen LogP contribution in [0.15, 0.2) is 18.5 Å². The molecule has 2 unspecified atom stereocenters. The van der Waals surface area contributed by atoms with Crippen molar-refractivity contribution in [2.24, 2.45) is 5.92 Å². The van der Waals surface area contributed by atoms with Gasteiger partial charge in [0.1, 0.15) is 5.56 Å². The van der Waals surface area contributed by atoms with Crippen molar-refractivity contribution in [3.63, 3.8) is 0 Å². The van der Waals surface area contributed by atoms with E-state index in [9.17, 15) is 4.79 Å². The number of aromatic carboxylic acids is 1. The molecule has 92 valence electrons. The molecule has 0 radical (unpaired) electrons. The third kappa shape index (κ3) is 2.40. The molecule has 0 aromatic carbocycles. The minimum Gasteiger partial charge on any atom is -0.478 e. The third-order valence-corrected chi connectivity index (χ3v) is 3.48. The number of hydrogen-bond acceptors (Lipinski definition) is 3. The second-order valence-electron chi connectivity index (χ2n) is 4.87. The van der Waals surface area contributed by atoms with Gasteiger partial charge in [0.15, 0.2) is 0 Å². The molecule has 2 atom stereocenters. The fraction of sp³-hybridized carbons (Fsp3) is 0.538. The quantitative estimate of drug-likeness (QED) is 0.853. The van der Waals surface area contributed by atoms with Crippen LogP contribution in [-0.4, -0.2) is 28.6 Å². The van der Waals surface area contributed by atoms with Gasteiger partial charge in [-0.15, -0.1) is 0 Å². The number of anilines is 1. The van der Waals surface area contributed by atoms with Crippen molar-refractivity contribution in [2.45, 2.75) is 32.7 Å². The number of hydrogen-bond donors (Lipinski definition) is 1. The SMILES string of the molecule is CC1CCN(c2ccncc2C(=O)O)C(C)C1. The second-order valence-corrected chi connectivity index (χ2v) is 4.87. The van der Waals surface area contributed by atoms with Crippen LogP contribution in [0.2, 0.25) is 0 Å². The average Bonchev–Trinajstić information content (AvgIpc) is 2.29. The fourth-order valence-corrected chi connectivity index (χ4v) is 2.57. The van der Waals surface area contributed by atoms with Crippen molar-refractivity contribution in [3.8, 4) is 0 Å². The van der Waals surface area contributed by atoms with Gasteiger partial charge in [0, 0.05) is 25.0 Å². The van der Waals surface area contributed by atoms with Gasteiger partial charge in [0.2, 0.25) is 0 Å². The summed E-state index contributed by atoms with van der Waals surface area (Å²) < 4.78 is 0. The highest BCUT2D eigenvalue weighted by Crippen LogP contribution is 2.29. The molecule has 0 saturated carbocycles. The lowest BCUT2D eigenvalue weighted by molar-refractivity contribution is 0.0697. The normalized spacial score (nSPS) is 24.7. The smallest absolute Gasteiger partial charge is 0.339 e. The second kappa shape index (κ2) is 4.73. The van der Waals surface area contributed by atoms with Crippen LogP contribution in [0, 0.1) is 5.92 Å². The molecule has 0 spiro atoms. The number of nitrogens with zero attached hydrogens (tertiary/aromatic N) is 2. The Labute approximate surface area is 101 Å². The number of pyridine rings is 1. The maximum atomic E-state index is 11.2. The van der Waals surface area contributed by atoms with E-state index in [2.05, 4.69) is 23.7 Å². The molecule has 1 aliphatic rings. The van der Waals surface area contributed by atoms with Gasteiger partial charge < -0.3 is 10.0 Å². The Balaban J connectivity index is 2.30. The van der Waals surface area contributed by atoms with Crippen molar-refractivity contribution in [2.75, 3.05) is 11.4 Å². The number of rotatable bonds is 2. The van der Waals surface area contributed by atoms with Crippen LogP contribution in [0.4, 0.5) is 5.69 Å². The van der Waals surface area contributed by atoms with Crippen LogP contribution in [-0.2, 0) is 0 Å². The standard InChI is InChI=1S/C13H18N2O2/c1-9-4-6-15(10(2)7-9)12-3-5-14-8-11(12)13(16)17/h3,5,8-10H,4,6-7H2,1-2H3,(H,16,17). The Morgan fingerprint density at radius 3 is 2.94 bits per heavy atom. The van der Waals surface area contributed by atoms with Crippen LogP contribution < -0.4 is 4.90 Å².